The molecule has 2 aromatic carbocycles. The summed E-state index contributed by atoms with van der Waals surface area (Å²) in [7, 11) is 0. The second kappa shape index (κ2) is 12.7. The van der Waals surface area contributed by atoms with Crippen LogP contribution in [0.3, 0.4) is 0 Å². The zero-order chi connectivity index (χ0) is 25.7. The Labute approximate surface area is 238 Å². The van der Waals surface area contributed by atoms with Gasteiger partial charge in [-0.25, -0.2) is 0 Å². The van der Waals surface area contributed by atoms with Gasteiger partial charge in [-0.05, 0) is 98.8 Å². The van der Waals surface area contributed by atoms with Crippen LogP contribution in [0.4, 0.5) is 0 Å². The Balaban J connectivity index is 1.73. The zero-order valence-electron chi connectivity index (χ0n) is 21.9. The third-order valence-electron chi connectivity index (χ3n) is 7.73. The highest BCUT2D eigenvalue weighted by Crippen LogP contribution is 2.54. The molecule has 0 spiro atoms. The van der Waals surface area contributed by atoms with Crippen LogP contribution < -0.4 is 0 Å². The number of rotatable bonds is 13. The first kappa shape index (κ1) is 28.0. The molecule has 1 aliphatic rings. The quantitative estimate of drug-likeness (QED) is 0.174. The van der Waals surface area contributed by atoms with Crippen LogP contribution in [0.5, 0.6) is 0 Å². The van der Waals surface area contributed by atoms with Crippen molar-refractivity contribution >= 4 is 43.2 Å². The van der Waals surface area contributed by atoms with Gasteiger partial charge in [0.25, 0.3) is 0 Å². The molecule has 0 N–H and O–H groups in total. The van der Waals surface area contributed by atoms with Crippen LogP contribution in [-0.4, -0.2) is 26.4 Å². The largest absolute Gasteiger partial charge is 0.381 e. The minimum absolute atomic E-state index is 0.135. The van der Waals surface area contributed by atoms with Gasteiger partial charge in [-0.1, -0.05) is 74.7 Å². The van der Waals surface area contributed by atoms with Crippen LogP contribution in [0.2, 0.25) is 0 Å². The number of thiophene rings is 1. The SMILES string of the molecule is CC[C@@H](C)COCCC1(CCOC[C@H](C)CC)c2cc(Br)ccc2-c2ccc(-c3ccc(Br)s3)cc21. The number of fused-ring (bicyclic) bond motifs is 3. The average molecular weight is 635 g/mol. The van der Waals surface area contributed by atoms with Gasteiger partial charge in [0.05, 0.1) is 3.79 Å². The Morgan fingerprint density at radius 2 is 1.36 bits per heavy atom. The van der Waals surface area contributed by atoms with E-state index in [1.807, 2.05) is 0 Å². The molecule has 2 nitrogen and oxygen atoms in total. The zero-order valence-corrected chi connectivity index (χ0v) is 25.9. The molecule has 0 aliphatic heterocycles. The lowest BCUT2D eigenvalue weighted by Gasteiger charge is -2.33. The van der Waals surface area contributed by atoms with E-state index in [0.717, 1.165) is 60.4 Å². The van der Waals surface area contributed by atoms with E-state index < -0.39 is 0 Å². The standard InChI is InChI=1S/C31H38Br2O2S/c1-5-21(3)19-34-15-13-31(14-16-35-20-22(4)6-2)27-17-23(29-11-12-30(33)36-29)7-9-25(27)26-10-8-24(32)18-28(26)31/h7-12,17-18,21-22H,5-6,13-16,19-20H2,1-4H3/t21-,22-/m1/s1. The van der Waals surface area contributed by atoms with Crippen molar-refractivity contribution in [3.8, 4) is 21.6 Å². The van der Waals surface area contributed by atoms with Gasteiger partial charge < -0.3 is 9.47 Å². The fourth-order valence-corrected chi connectivity index (χ4v) is 6.79. The van der Waals surface area contributed by atoms with Crippen LogP contribution in [0.15, 0.2) is 56.8 Å². The lowest BCUT2D eigenvalue weighted by Crippen LogP contribution is -2.30. The fraction of sp³-hybridized carbons (Fsp3) is 0.484. The molecule has 1 aromatic heterocycles. The average Bonchev–Trinajstić information content (AvgIpc) is 3.43. The van der Waals surface area contributed by atoms with Crippen LogP contribution in [0.25, 0.3) is 21.6 Å². The van der Waals surface area contributed by atoms with Gasteiger partial charge in [0.2, 0.25) is 0 Å². The molecule has 3 aromatic rings. The Hall–Kier alpha value is -0.980. The lowest BCUT2D eigenvalue weighted by atomic mass is 9.73. The number of ether oxygens (including phenoxy) is 2. The number of benzene rings is 2. The van der Waals surface area contributed by atoms with E-state index in [4.69, 9.17) is 9.47 Å². The molecule has 0 bridgehead atoms. The highest BCUT2D eigenvalue weighted by molar-refractivity contribution is 9.11. The summed E-state index contributed by atoms with van der Waals surface area (Å²) in [5, 5.41) is 0. The van der Waals surface area contributed by atoms with E-state index in [2.05, 4.69) is 108 Å². The summed E-state index contributed by atoms with van der Waals surface area (Å²) in [6.07, 6.45) is 4.19. The van der Waals surface area contributed by atoms with E-state index in [0.29, 0.717) is 11.8 Å². The smallest absolute Gasteiger partial charge is 0.0705 e. The Kier molecular flexibility index (Phi) is 9.90. The van der Waals surface area contributed by atoms with Crippen LogP contribution in [0.1, 0.15) is 64.5 Å². The van der Waals surface area contributed by atoms with Crippen molar-refractivity contribution < 1.29 is 9.47 Å². The highest BCUT2D eigenvalue weighted by atomic mass is 79.9. The van der Waals surface area contributed by atoms with Gasteiger partial charge in [0.1, 0.15) is 0 Å². The van der Waals surface area contributed by atoms with Crippen molar-refractivity contribution in [3.05, 3.63) is 67.9 Å². The summed E-state index contributed by atoms with van der Waals surface area (Å²) < 4.78 is 14.8. The molecule has 0 saturated carbocycles. The first-order chi connectivity index (χ1) is 17.4. The second-order valence-electron chi connectivity index (χ2n) is 10.3. The molecule has 0 amide bonds. The van der Waals surface area contributed by atoms with Crippen molar-refractivity contribution in [2.75, 3.05) is 26.4 Å². The highest BCUT2D eigenvalue weighted by Gasteiger charge is 2.43. The summed E-state index contributed by atoms with van der Waals surface area (Å²) >= 11 is 9.20. The van der Waals surface area contributed by atoms with Crippen LogP contribution >= 0.6 is 43.2 Å². The molecule has 1 heterocycles. The summed E-state index contributed by atoms with van der Waals surface area (Å²) in [6.45, 7) is 12.1. The van der Waals surface area contributed by atoms with Crippen LogP contribution in [-0.2, 0) is 14.9 Å². The molecule has 36 heavy (non-hydrogen) atoms. The first-order valence-corrected chi connectivity index (χ1v) is 15.6. The maximum atomic E-state index is 6.26. The monoisotopic (exact) mass is 632 g/mol. The number of hydrogen-bond donors (Lipinski definition) is 0. The molecule has 1 aliphatic carbocycles. The molecule has 0 saturated heterocycles. The van der Waals surface area contributed by atoms with Crippen molar-refractivity contribution in [1.82, 2.24) is 0 Å². The third-order valence-corrected chi connectivity index (χ3v) is 9.89. The summed E-state index contributed by atoms with van der Waals surface area (Å²) in [5.74, 6) is 1.17. The molecule has 194 valence electrons. The summed E-state index contributed by atoms with van der Waals surface area (Å²) in [6, 6.07) is 18.2. The van der Waals surface area contributed by atoms with Gasteiger partial charge in [0.15, 0.2) is 0 Å². The topological polar surface area (TPSA) is 18.5 Å². The number of halogens is 2. The molecular formula is C31H38Br2O2S. The summed E-state index contributed by atoms with van der Waals surface area (Å²) in [4.78, 5) is 1.29. The van der Waals surface area contributed by atoms with Crippen molar-refractivity contribution in [1.29, 1.82) is 0 Å². The van der Waals surface area contributed by atoms with Gasteiger partial charge in [-0.3, -0.25) is 0 Å². The van der Waals surface area contributed by atoms with Crippen molar-refractivity contribution in [2.45, 2.75) is 58.8 Å². The van der Waals surface area contributed by atoms with Gasteiger partial charge >= 0.3 is 0 Å². The maximum Gasteiger partial charge on any atom is 0.0705 e. The van der Waals surface area contributed by atoms with E-state index in [-0.39, 0.29) is 5.41 Å². The normalized spacial score (nSPS) is 15.5. The Morgan fingerprint density at radius 1 is 0.778 bits per heavy atom. The maximum absolute atomic E-state index is 6.26. The van der Waals surface area contributed by atoms with E-state index in [1.165, 1.54) is 32.7 Å². The molecular weight excluding hydrogens is 596 g/mol. The minimum Gasteiger partial charge on any atom is -0.381 e. The predicted molar refractivity (Wildman–Crippen MR) is 161 cm³/mol. The van der Waals surface area contributed by atoms with E-state index >= 15 is 0 Å². The Morgan fingerprint density at radius 3 is 1.92 bits per heavy atom. The predicted octanol–water partition coefficient (Wildman–Crippen LogP) is 10.1. The molecule has 5 heteroatoms. The molecule has 0 radical (unpaired) electrons. The second-order valence-corrected chi connectivity index (χ2v) is 13.7. The minimum atomic E-state index is -0.135. The fourth-order valence-electron chi connectivity index (χ4n) is 5.05. The van der Waals surface area contributed by atoms with Gasteiger partial charge in [0, 0.05) is 41.2 Å². The van der Waals surface area contributed by atoms with Crippen molar-refractivity contribution in [3.63, 3.8) is 0 Å². The van der Waals surface area contributed by atoms with E-state index in [1.54, 1.807) is 11.3 Å². The number of hydrogen-bond acceptors (Lipinski definition) is 3. The summed E-state index contributed by atoms with van der Waals surface area (Å²) in [5.41, 5.74) is 6.65. The third kappa shape index (κ3) is 6.18. The van der Waals surface area contributed by atoms with Gasteiger partial charge in [-0.15, -0.1) is 11.3 Å². The van der Waals surface area contributed by atoms with Crippen LogP contribution in [0, 0.1) is 11.8 Å². The van der Waals surface area contributed by atoms with Crippen molar-refractivity contribution in [2.24, 2.45) is 11.8 Å². The molecule has 2 atom stereocenters. The van der Waals surface area contributed by atoms with E-state index in [9.17, 15) is 0 Å². The molecule has 0 fully saturated rings. The lowest BCUT2D eigenvalue weighted by molar-refractivity contribution is 0.0710. The first-order valence-electron chi connectivity index (χ1n) is 13.2. The molecule has 0 unspecified atom stereocenters. The Bertz CT molecular complexity index is 1140. The van der Waals surface area contributed by atoms with Gasteiger partial charge in [-0.2, -0.15) is 0 Å². The molecule has 4 rings (SSSR count).